The smallest absolute Gasteiger partial charge is 0.338 e. The Hall–Kier alpha value is -1.93. The highest BCUT2D eigenvalue weighted by atomic mass is 32.2. The number of piperidine rings is 1. The van der Waals surface area contributed by atoms with Gasteiger partial charge in [0.2, 0.25) is 10.0 Å². The first-order valence-electron chi connectivity index (χ1n) is 9.41. The standard InChI is InChI=1S/C19H28N2O5S/c1-4-21(5-2)27(24,25)17-11-9-16(10-12-17)19(23)26-15(3)18(22)20-13-7-6-8-14-20/h9-12,15H,4-8,13-14H2,1-3H3/t15-/m0/s1. The normalized spacial score (nSPS) is 16.2. The van der Waals surface area contributed by atoms with Gasteiger partial charge in [-0.1, -0.05) is 13.8 Å². The van der Waals surface area contributed by atoms with Crippen molar-refractivity contribution in [3.05, 3.63) is 29.8 Å². The topological polar surface area (TPSA) is 84.0 Å². The fourth-order valence-corrected chi connectivity index (χ4v) is 4.58. The Balaban J connectivity index is 2.03. The molecular weight excluding hydrogens is 368 g/mol. The van der Waals surface area contributed by atoms with E-state index >= 15 is 0 Å². The molecule has 0 aromatic heterocycles. The molecule has 0 spiro atoms. The molecule has 0 radical (unpaired) electrons. The lowest BCUT2D eigenvalue weighted by Crippen LogP contribution is -2.42. The van der Waals surface area contributed by atoms with Gasteiger partial charge in [-0.2, -0.15) is 4.31 Å². The summed E-state index contributed by atoms with van der Waals surface area (Å²) in [6.07, 6.45) is 2.18. The lowest BCUT2D eigenvalue weighted by Gasteiger charge is -2.28. The van der Waals surface area contributed by atoms with E-state index in [2.05, 4.69) is 0 Å². The fraction of sp³-hybridized carbons (Fsp3) is 0.579. The largest absolute Gasteiger partial charge is 0.449 e. The van der Waals surface area contributed by atoms with Crippen molar-refractivity contribution in [1.29, 1.82) is 0 Å². The van der Waals surface area contributed by atoms with Gasteiger partial charge in [-0.25, -0.2) is 13.2 Å². The zero-order valence-corrected chi connectivity index (χ0v) is 17.0. The summed E-state index contributed by atoms with van der Waals surface area (Å²) in [7, 11) is -3.57. The van der Waals surface area contributed by atoms with Gasteiger partial charge >= 0.3 is 5.97 Å². The quantitative estimate of drug-likeness (QED) is 0.660. The number of sulfonamides is 1. The van der Waals surface area contributed by atoms with Crippen LogP contribution in [0.1, 0.15) is 50.4 Å². The van der Waals surface area contributed by atoms with Crippen LogP contribution in [0.5, 0.6) is 0 Å². The van der Waals surface area contributed by atoms with Gasteiger partial charge in [0.15, 0.2) is 6.10 Å². The van der Waals surface area contributed by atoms with Crippen molar-refractivity contribution >= 4 is 21.9 Å². The Morgan fingerprint density at radius 1 is 1.07 bits per heavy atom. The van der Waals surface area contributed by atoms with Gasteiger partial charge in [0.1, 0.15) is 0 Å². The summed E-state index contributed by atoms with van der Waals surface area (Å²) in [4.78, 5) is 26.5. The average molecular weight is 397 g/mol. The van der Waals surface area contributed by atoms with Crippen LogP contribution in [-0.2, 0) is 19.6 Å². The predicted octanol–water partition coefficient (Wildman–Crippen LogP) is 2.27. The molecule has 0 unspecified atom stereocenters. The second-order valence-electron chi connectivity index (χ2n) is 6.55. The lowest BCUT2D eigenvalue weighted by atomic mass is 10.1. The van der Waals surface area contributed by atoms with Gasteiger partial charge in [-0.05, 0) is 50.5 Å². The maximum absolute atomic E-state index is 12.5. The third kappa shape index (κ3) is 5.07. The summed E-state index contributed by atoms with van der Waals surface area (Å²) < 4.78 is 31.6. The van der Waals surface area contributed by atoms with E-state index in [9.17, 15) is 18.0 Å². The molecule has 27 heavy (non-hydrogen) atoms. The van der Waals surface area contributed by atoms with Crippen LogP contribution < -0.4 is 0 Å². The number of nitrogens with zero attached hydrogens (tertiary/aromatic N) is 2. The molecule has 0 N–H and O–H groups in total. The predicted molar refractivity (Wildman–Crippen MR) is 102 cm³/mol. The van der Waals surface area contributed by atoms with Crippen molar-refractivity contribution in [1.82, 2.24) is 9.21 Å². The molecule has 1 aromatic rings. The average Bonchev–Trinajstić information content (AvgIpc) is 2.68. The van der Waals surface area contributed by atoms with Crippen LogP contribution in [-0.4, -0.2) is 61.8 Å². The Labute approximate surface area is 161 Å². The molecule has 0 saturated carbocycles. The van der Waals surface area contributed by atoms with E-state index in [0.717, 1.165) is 19.3 Å². The van der Waals surface area contributed by atoms with Gasteiger partial charge in [0, 0.05) is 26.2 Å². The maximum Gasteiger partial charge on any atom is 0.338 e. The summed E-state index contributed by atoms with van der Waals surface area (Å²) in [5.41, 5.74) is 0.215. The molecule has 2 rings (SSSR count). The van der Waals surface area contributed by atoms with Crippen LogP contribution in [0.3, 0.4) is 0 Å². The molecule has 1 aliphatic heterocycles. The molecule has 1 aliphatic rings. The molecule has 1 saturated heterocycles. The molecule has 1 atom stereocenters. The number of rotatable bonds is 7. The van der Waals surface area contributed by atoms with Gasteiger partial charge < -0.3 is 9.64 Å². The monoisotopic (exact) mass is 396 g/mol. The summed E-state index contributed by atoms with van der Waals surface area (Å²) in [5.74, 6) is -0.830. The molecule has 8 heteroatoms. The first-order chi connectivity index (χ1) is 12.8. The van der Waals surface area contributed by atoms with Crippen LogP contribution in [0.25, 0.3) is 0 Å². The number of ether oxygens (including phenoxy) is 1. The van der Waals surface area contributed by atoms with Crippen molar-refractivity contribution in [2.75, 3.05) is 26.2 Å². The zero-order valence-electron chi connectivity index (χ0n) is 16.2. The number of carbonyl (C=O) groups excluding carboxylic acids is 2. The fourth-order valence-electron chi connectivity index (χ4n) is 3.13. The second-order valence-corrected chi connectivity index (χ2v) is 8.49. The van der Waals surface area contributed by atoms with Gasteiger partial charge in [-0.15, -0.1) is 0 Å². The number of likely N-dealkylation sites (tertiary alicyclic amines) is 1. The Morgan fingerprint density at radius 3 is 2.15 bits per heavy atom. The minimum absolute atomic E-state index is 0.125. The number of carbonyl (C=O) groups is 2. The van der Waals surface area contributed by atoms with E-state index < -0.39 is 22.1 Å². The molecule has 0 aliphatic carbocycles. The zero-order chi connectivity index (χ0) is 20.0. The second kappa shape index (κ2) is 9.32. The van der Waals surface area contributed by atoms with Gasteiger partial charge in [0.05, 0.1) is 10.5 Å². The van der Waals surface area contributed by atoms with Crippen molar-refractivity contribution in [3.63, 3.8) is 0 Å². The third-order valence-electron chi connectivity index (χ3n) is 4.73. The molecule has 1 amide bonds. The van der Waals surface area contributed by atoms with E-state index in [1.165, 1.54) is 28.6 Å². The number of benzene rings is 1. The summed E-state index contributed by atoms with van der Waals surface area (Å²) in [6, 6.07) is 5.61. The highest BCUT2D eigenvalue weighted by molar-refractivity contribution is 7.89. The van der Waals surface area contributed by atoms with E-state index in [-0.39, 0.29) is 16.4 Å². The first-order valence-corrected chi connectivity index (χ1v) is 10.8. The molecule has 7 nitrogen and oxygen atoms in total. The van der Waals surface area contributed by atoms with Crippen molar-refractivity contribution in [2.45, 2.75) is 51.0 Å². The maximum atomic E-state index is 12.5. The van der Waals surface area contributed by atoms with Gasteiger partial charge in [-0.3, -0.25) is 4.79 Å². The highest BCUT2D eigenvalue weighted by Crippen LogP contribution is 2.17. The van der Waals surface area contributed by atoms with Crippen LogP contribution in [0.2, 0.25) is 0 Å². The number of hydrogen-bond donors (Lipinski definition) is 0. The number of hydrogen-bond acceptors (Lipinski definition) is 5. The minimum atomic E-state index is -3.57. The van der Waals surface area contributed by atoms with Crippen LogP contribution in [0.15, 0.2) is 29.2 Å². The lowest BCUT2D eigenvalue weighted by molar-refractivity contribution is -0.140. The third-order valence-corrected chi connectivity index (χ3v) is 6.80. The van der Waals surface area contributed by atoms with Gasteiger partial charge in [0.25, 0.3) is 5.91 Å². The Bertz CT molecular complexity index is 751. The molecule has 150 valence electrons. The van der Waals surface area contributed by atoms with Crippen molar-refractivity contribution in [2.24, 2.45) is 0 Å². The van der Waals surface area contributed by atoms with Crippen LogP contribution in [0.4, 0.5) is 0 Å². The van der Waals surface area contributed by atoms with E-state index in [1.54, 1.807) is 25.7 Å². The molecule has 1 heterocycles. The molecule has 1 aromatic carbocycles. The minimum Gasteiger partial charge on any atom is -0.449 e. The van der Waals surface area contributed by atoms with Crippen molar-refractivity contribution < 1.29 is 22.7 Å². The SMILES string of the molecule is CCN(CC)S(=O)(=O)c1ccc(C(=O)O[C@@H](C)C(=O)N2CCCCC2)cc1. The molecular formula is C19H28N2O5S. The summed E-state index contributed by atoms with van der Waals surface area (Å²) in [6.45, 7) is 7.24. The first kappa shape index (κ1) is 21.4. The van der Waals surface area contributed by atoms with Crippen molar-refractivity contribution in [3.8, 4) is 0 Å². The highest BCUT2D eigenvalue weighted by Gasteiger charge is 2.26. The van der Waals surface area contributed by atoms with E-state index in [1.807, 2.05) is 0 Å². The van der Waals surface area contributed by atoms with E-state index in [4.69, 9.17) is 4.74 Å². The summed E-state index contributed by atoms with van der Waals surface area (Å²) >= 11 is 0. The molecule has 1 fully saturated rings. The Morgan fingerprint density at radius 2 is 1.63 bits per heavy atom. The summed E-state index contributed by atoms with van der Waals surface area (Å²) in [5, 5.41) is 0. The molecule has 0 bridgehead atoms. The van der Waals surface area contributed by atoms with Crippen LogP contribution in [0, 0.1) is 0 Å². The Kier molecular flexibility index (Phi) is 7.38. The van der Waals surface area contributed by atoms with Crippen LogP contribution >= 0.6 is 0 Å². The number of amides is 1. The van der Waals surface area contributed by atoms with E-state index in [0.29, 0.717) is 26.2 Å². The number of esters is 1.